The molecule has 2 aromatic heterocycles. The molecule has 21 heavy (non-hydrogen) atoms. The van der Waals surface area contributed by atoms with Crippen molar-refractivity contribution in [2.24, 2.45) is 0 Å². The van der Waals surface area contributed by atoms with Gasteiger partial charge in [-0.2, -0.15) is 0 Å². The lowest BCUT2D eigenvalue weighted by Crippen LogP contribution is -2.34. The fraction of sp³-hybridized carbons (Fsp3) is 0.429. The van der Waals surface area contributed by atoms with Crippen molar-refractivity contribution < 1.29 is 4.42 Å². The highest BCUT2D eigenvalue weighted by Crippen LogP contribution is 2.11. The zero-order valence-electron chi connectivity index (χ0n) is 12.0. The zero-order chi connectivity index (χ0) is 15.2. The Hall–Kier alpha value is -2.44. The van der Waals surface area contributed by atoms with Crippen LogP contribution in [0.15, 0.2) is 32.4 Å². The summed E-state index contributed by atoms with van der Waals surface area (Å²) in [4.78, 5) is 25.9. The fourth-order valence-corrected chi connectivity index (χ4v) is 2.06. The van der Waals surface area contributed by atoms with Crippen LogP contribution in [0.25, 0.3) is 0 Å². The van der Waals surface area contributed by atoms with E-state index >= 15 is 0 Å². The summed E-state index contributed by atoms with van der Waals surface area (Å²) in [6.07, 6.45) is 3.98. The van der Waals surface area contributed by atoms with Gasteiger partial charge < -0.3 is 15.5 Å². The number of H-pyrrole nitrogens is 1. The number of nitrogens with zero attached hydrogens (tertiary/aromatic N) is 1. The van der Waals surface area contributed by atoms with E-state index in [0.29, 0.717) is 19.5 Å². The molecule has 0 unspecified atom stereocenters. The first-order valence-electron chi connectivity index (χ1n) is 7.02. The summed E-state index contributed by atoms with van der Waals surface area (Å²) in [5.74, 6) is 0.994. The van der Waals surface area contributed by atoms with Crippen LogP contribution in [0.4, 0.5) is 11.5 Å². The molecule has 0 bridgehead atoms. The Kier molecular flexibility index (Phi) is 4.86. The molecule has 2 heterocycles. The molecular weight excluding hydrogens is 272 g/mol. The first kappa shape index (κ1) is 15.0. The van der Waals surface area contributed by atoms with Gasteiger partial charge in [0.25, 0.3) is 5.56 Å². The molecule has 0 aliphatic heterocycles. The molecular formula is C14H20N4O3. The van der Waals surface area contributed by atoms with E-state index in [1.807, 2.05) is 13.0 Å². The number of nitrogens with one attached hydrogen (secondary N) is 2. The van der Waals surface area contributed by atoms with Crippen LogP contribution >= 0.6 is 0 Å². The van der Waals surface area contributed by atoms with Gasteiger partial charge in [0, 0.05) is 19.5 Å². The third-order valence-corrected chi connectivity index (χ3v) is 3.23. The van der Waals surface area contributed by atoms with Crippen LogP contribution in [0.3, 0.4) is 0 Å². The lowest BCUT2D eigenvalue weighted by Gasteiger charge is -2.13. The topological polar surface area (TPSA) is 106 Å². The second kappa shape index (κ2) is 6.83. The van der Waals surface area contributed by atoms with Crippen LogP contribution in [-0.2, 0) is 13.0 Å². The molecule has 114 valence electrons. The monoisotopic (exact) mass is 292 g/mol. The Balaban J connectivity index is 2.14. The van der Waals surface area contributed by atoms with E-state index < -0.39 is 11.2 Å². The molecule has 0 saturated carbocycles. The second-order valence-corrected chi connectivity index (χ2v) is 4.78. The van der Waals surface area contributed by atoms with E-state index in [9.17, 15) is 9.59 Å². The summed E-state index contributed by atoms with van der Waals surface area (Å²) in [7, 11) is 0. The minimum atomic E-state index is -0.496. The molecule has 0 spiro atoms. The minimum Gasteiger partial charge on any atom is -0.469 e. The summed E-state index contributed by atoms with van der Waals surface area (Å²) < 4.78 is 6.60. The number of nitrogens with two attached hydrogens (primary N) is 1. The number of anilines is 2. The highest BCUT2D eigenvalue weighted by molar-refractivity contribution is 5.60. The normalized spacial score (nSPS) is 10.7. The van der Waals surface area contributed by atoms with E-state index in [-0.39, 0.29) is 11.5 Å². The van der Waals surface area contributed by atoms with Crippen LogP contribution in [0.2, 0.25) is 0 Å². The predicted molar refractivity (Wildman–Crippen MR) is 81.5 cm³/mol. The molecule has 0 saturated heterocycles. The molecule has 0 aromatic carbocycles. The lowest BCUT2D eigenvalue weighted by atomic mass is 10.3. The van der Waals surface area contributed by atoms with Crippen molar-refractivity contribution in [2.75, 3.05) is 17.6 Å². The molecule has 0 amide bonds. The predicted octanol–water partition coefficient (Wildman–Crippen LogP) is 1.17. The quantitative estimate of drug-likeness (QED) is 0.710. The largest absolute Gasteiger partial charge is 0.469 e. The standard InChI is InChI=1S/C14H20N4O3/c1-2-3-8-18-12(15)11(13(19)17-14(18)20)16-7-6-10-5-4-9-21-10/h4-5,9,16H,2-3,6-8,15H2,1H3,(H,17,19,20). The zero-order valence-corrected chi connectivity index (χ0v) is 12.0. The molecule has 0 atom stereocenters. The molecule has 0 aliphatic rings. The number of rotatable bonds is 7. The fourth-order valence-electron chi connectivity index (χ4n) is 2.06. The third-order valence-electron chi connectivity index (χ3n) is 3.23. The van der Waals surface area contributed by atoms with Crippen molar-refractivity contribution in [2.45, 2.75) is 32.7 Å². The molecule has 0 radical (unpaired) electrons. The van der Waals surface area contributed by atoms with Crippen LogP contribution in [-0.4, -0.2) is 16.1 Å². The number of aromatic nitrogens is 2. The van der Waals surface area contributed by atoms with Gasteiger partial charge in [-0.1, -0.05) is 13.3 Å². The summed E-state index contributed by atoms with van der Waals surface area (Å²) in [5, 5.41) is 2.98. The van der Waals surface area contributed by atoms with Crippen LogP contribution in [0, 0.1) is 0 Å². The number of furan rings is 1. The smallest absolute Gasteiger partial charge is 0.330 e. The van der Waals surface area contributed by atoms with Crippen LogP contribution in [0.5, 0.6) is 0 Å². The van der Waals surface area contributed by atoms with Crippen molar-refractivity contribution in [3.8, 4) is 0 Å². The number of aromatic amines is 1. The van der Waals surface area contributed by atoms with E-state index in [0.717, 1.165) is 18.6 Å². The highest BCUT2D eigenvalue weighted by Gasteiger charge is 2.11. The van der Waals surface area contributed by atoms with E-state index in [4.69, 9.17) is 10.2 Å². The third kappa shape index (κ3) is 3.56. The second-order valence-electron chi connectivity index (χ2n) is 4.78. The molecule has 2 rings (SSSR count). The SMILES string of the molecule is CCCCn1c(N)c(NCCc2ccco2)c(=O)[nH]c1=O. The van der Waals surface area contributed by atoms with Gasteiger partial charge in [-0.05, 0) is 18.6 Å². The van der Waals surface area contributed by atoms with E-state index in [1.165, 1.54) is 4.57 Å². The molecule has 7 heteroatoms. The van der Waals surface area contributed by atoms with Gasteiger partial charge in [-0.3, -0.25) is 14.3 Å². The summed E-state index contributed by atoms with van der Waals surface area (Å²) in [6.45, 7) is 3.01. The molecule has 4 N–H and O–H groups in total. The van der Waals surface area contributed by atoms with Gasteiger partial charge in [0.15, 0.2) is 0 Å². The minimum absolute atomic E-state index is 0.177. The van der Waals surface area contributed by atoms with Gasteiger partial charge in [0.2, 0.25) is 0 Å². The van der Waals surface area contributed by atoms with Crippen LogP contribution in [0.1, 0.15) is 25.5 Å². The number of unbranched alkanes of at least 4 members (excludes halogenated alkanes) is 1. The van der Waals surface area contributed by atoms with E-state index in [1.54, 1.807) is 12.3 Å². The average molecular weight is 292 g/mol. The van der Waals surface area contributed by atoms with Gasteiger partial charge in [0.05, 0.1) is 6.26 Å². The molecule has 7 nitrogen and oxygen atoms in total. The Morgan fingerprint density at radius 2 is 2.24 bits per heavy atom. The van der Waals surface area contributed by atoms with Gasteiger partial charge in [0.1, 0.15) is 17.3 Å². The maximum atomic E-state index is 11.8. The average Bonchev–Trinajstić information content (AvgIpc) is 2.95. The molecule has 2 aromatic rings. The summed E-state index contributed by atoms with van der Waals surface area (Å²) in [5.41, 5.74) is 5.21. The number of hydrogen-bond donors (Lipinski definition) is 3. The van der Waals surface area contributed by atoms with Gasteiger partial charge in [-0.25, -0.2) is 4.79 Å². The van der Waals surface area contributed by atoms with Crippen LogP contribution < -0.4 is 22.3 Å². The molecule has 0 aliphatic carbocycles. The maximum absolute atomic E-state index is 11.8. The van der Waals surface area contributed by atoms with Crippen molar-refractivity contribution in [3.63, 3.8) is 0 Å². The Morgan fingerprint density at radius 3 is 2.90 bits per heavy atom. The highest BCUT2D eigenvalue weighted by atomic mass is 16.3. The Labute approximate surface area is 121 Å². The molecule has 0 fully saturated rings. The number of nitrogen functional groups attached to an aromatic ring is 1. The first-order valence-corrected chi connectivity index (χ1v) is 7.02. The van der Waals surface area contributed by atoms with Crippen molar-refractivity contribution in [3.05, 3.63) is 45.0 Å². The van der Waals surface area contributed by atoms with Crippen molar-refractivity contribution in [1.29, 1.82) is 0 Å². The van der Waals surface area contributed by atoms with Crippen molar-refractivity contribution >= 4 is 11.5 Å². The first-order chi connectivity index (χ1) is 10.1. The lowest BCUT2D eigenvalue weighted by molar-refractivity contribution is 0.513. The van der Waals surface area contributed by atoms with Crippen molar-refractivity contribution in [1.82, 2.24) is 9.55 Å². The van der Waals surface area contributed by atoms with Gasteiger partial charge >= 0.3 is 5.69 Å². The van der Waals surface area contributed by atoms with E-state index in [2.05, 4.69) is 10.3 Å². The van der Waals surface area contributed by atoms with Gasteiger partial charge in [-0.15, -0.1) is 0 Å². The Bertz CT molecular complexity index is 685. The maximum Gasteiger partial charge on any atom is 0.330 e. The number of hydrogen-bond acceptors (Lipinski definition) is 5. The summed E-state index contributed by atoms with van der Waals surface area (Å²) in [6, 6.07) is 3.67. The summed E-state index contributed by atoms with van der Waals surface area (Å²) >= 11 is 0. The Morgan fingerprint density at radius 1 is 1.43 bits per heavy atom.